The van der Waals surface area contributed by atoms with Gasteiger partial charge in [0.15, 0.2) is 0 Å². The van der Waals surface area contributed by atoms with Gasteiger partial charge in [0, 0.05) is 16.1 Å². The summed E-state index contributed by atoms with van der Waals surface area (Å²) >= 11 is 3.38. The number of amides is 1. The van der Waals surface area contributed by atoms with E-state index in [1.165, 1.54) is 12.8 Å². The highest BCUT2D eigenvalue weighted by Gasteiger charge is 2.28. The van der Waals surface area contributed by atoms with Crippen LogP contribution in [0.15, 0.2) is 28.7 Å². The first-order valence-electron chi connectivity index (χ1n) is 6.64. The van der Waals surface area contributed by atoms with Gasteiger partial charge in [-0.1, -0.05) is 42.6 Å². The molecule has 3 heteroatoms. The molecule has 1 N–H and O–H groups in total. The summed E-state index contributed by atoms with van der Waals surface area (Å²) in [5, 5.41) is 3.18. The molecule has 0 radical (unpaired) electrons. The summed E-state index contributed by atoms with van der Waals surface area (Å²) in [6.07, 6.45) is 3.61. The van der Waals surface area contributed by atoms with Gasteiger partial charge in [-0.2, -0.15) is 0 Å². The van der Waals surface area contributed by atoms with Crippen molar-refractivity contribution < 1.29 is 4.79 Å². The highest BCUT2D eigenvalue weighted by Crippen LogP contribution is 2.29. The maximum atomic E-state index is 12.2. The number of carbonyl (C=O) groups excluding carboxylic acids is 1. The summed E-state index contributed by atoms with van der Waals surface area (Å²) in [4.78, 5) is 12.2. The quantitative estimate of drug-likeness (QED) is 0.879. The zero-order valence-electron chi connectivity index (χ0n) is 10.9. The predicted molar refractivity (Wildman–Crippen MR) is 77.6 cm³/mol. The highest BCUT2D eigenvalue weighted by molar-refractivity contribution is 9.10. The number of hydrogen-bond acceptors (Lipinski definition) is 1. The van der Waals surface area contributed by atoms with E-state index in [0.29, 0.717) is 17.9 Å². The van der Waals surface area contributed by atoms with Crippen LogP contribution in [0.5, 0.6) is 0 Å². The van der Waals surface area contributed by atoms with E-state index in [4.69, 9.17) is 0 Å². The lowest BCUT2D eigenvalue weighted by Crippen LogP contribution is -2.43. The van der Waals surface area contributed by atoms with Crippen LogP contribution in [0.1, 0.15) is 43.5 Å². The molecule has 1 amide bonds. The van der Waals surface area contributed by atoms with Gasteiger partial charge in [-0.25, -0.2) is 0 Å². The number of hydrogen-bond donors (Lipinski definition) is 1. The lowest BCUT2D eigenvalue weighted by molar-refractivity contribution is 0.0891. The molecule has 1 fully saturated rings. The average Bonchev–Trinajstić information content (AvgIpc) is 2.36. The molecule has 0 heterocycles. The minimum Gasteiger partial charge on any atom is -0.349 e. The summed E-state index contributed by atoms with van der Waals surface area (Å²) in [7, 11) is 0. The number of benzene rings is 1. The molecule has 2 rings (SSSR count). The van der Waals surface area contributed by atoms with E-state index in [0.717, 1.165) is 16.5 Å². The van der Waals surface area contributed by atoms with Crippen molar-refractivity contribution in [3.63, 3.8) is 0 Å². The molecule has 0 aromatic heterocycles. The maximum Gasteiger partial charge on any atom is 0.251 e. The fraction of sp³-hybridized carbons (Fsp3) is 0.533. The molecule has 3 unspecified atom stereocenters. The Bertz CT molecular complexity index is 415. The zero-order chi connectivity index (χ0) is 13.1. The highest BCUT2D eigenvalue weighted by atomic mass is 79.9. The van der Waals surface area contributed by atoms with Crippen LogP contribution < -0.4 is 5.32 Å². The standard InChI is InChI=1S/C15H20BrNO/c1-10-4-3-5-14(11(10)2)17-15(18)12-6-8-13(16)9-7-12/h6-11,14H,3-5H2,1-2H3,(H,17,18). The van der Waals surface area contributed by atoms with Gasteiger partial charge in [0.2, 0.25) is 0 Å². The fourth-order valence-electron chi connectivity index (χ4n) is 2.64. The van der Waals surface area contributed by atoms with Crippen LogP contribution in [-0.4, -0.2) is 11.9 Å². The molecule has 98 valence electrons. The molecule has 2 nitrogen and oxygen atoms in total. The number of rotatable bonds is 2. The molecule has 0 saturated heterocycles. The van der Waals surface area contributed by atoms with E-state index in [1.807, 2.05) is 24.3 Å². The van der Waals surface area contributed by atoms with E-state index in [2.05, 4.69) is 35.1 Å². The minimum absolute atomic E-state index is 0.0495. The second kappa shape index (κ2) is 5.87. The third-order valence-corrected chi connectivity index (χ3v) is 4.66. The van der Waals surface area contributed by atoms with Gasteiger partial charge < -0.3 is 5.32 Å². The van der Waals surface area contributed by atoms with Crippen molar-refractivity contribution in [3.8, 4) is 0 Å². The van der Waals surface area contributed by atoms with Gasteiger partial charge in [-0.05, 0) is 42.5 Å². The van der Waals surface area contributed by atoms with Crippen molar-refractivity contribution in [3.05, 3.63) is 34.3 Å². The van der Waals surface area contributed by atoms with Crippen LogP contribution in [0, 0.1) is 11.8 Å². The van der Waals surface area contributed by atoms with Crippen molar-refractivity contribution in [1.82, 2.24) is 5.32 Å². The summed E-state index contributed by atoms with van der Waals surface area (Å²) in [6, 6.07) is 7.85. The largest absolute Gasteiger partial charge is 0.349 e. The molecule has 0 spiro atoms. The second-order valence-electron chi connectivity index (χ2n) is 5.35. The van der Waals surface area contributed by atoms with Gasteiger partial charge in [0.25, 0.3) is 5.91 Å². The van der Waals surface area contributed by atoms with E-state index >= 15 is 0 Å². The van der Waals surface area contributed by atoms with Crippen LogP contribution in [0.2, 0.25) is 0 Å². The summed E-state index contributed by atoms with van der Waals surface area (Å²) in [5.41, 5.74) is 0.739. The maximum absolute atomic E-state index is 12.2. The summed E-state index contributed by atoms with van der Waals surface area (Å²) in [5.74, 6) is 1.32. The van der Waals surface area contributed by atoms with Gasteiger partial charge >= 0.3 is 0 Å². The summed E-state index contributed by atoms with van der Waals surface area (Å²) in [6.45, 7) is 4.53. The van der Waals surface area contributed by atoms with Crippen molar-refractivity contribution in [2.24, 2.45) is 11.8 Å². The Balaban J connectivity index is 2.00. The van der Waals surface area contributed by atoms with Gasteiger partial charge in [0.05, 0.1) is 0 Å². The van der Waals surface area contributed by atoms with Crippen LogP contribution in [0.4, 0.5) is 0 Å². The molecule has 1 aliphatic rings. The number of halogens is 1. The van der Waals surface area contributed by atoms with E-state index in [1.54, 1.807) is 0 Å². The SMILES string of the molecule is CC1CCCC(NC(=O)c2ccc(Br)cc2)C1C. The first-order valence-corrected chi connectivity index (χ1v) is 7.43. The predicted octanol–water partition coefficient (Wildman–Crippen LogP) is 4.00. The van der Waals surface area contributed by atoms with Gasteiger partial charge in [-0.3, -0.25) is 4.79 Å². The monoisotopic (exact) mass is 309 g/mol. The van der Waals surface area contributed by atoms with E-state index in [9.17, 15) is 4.79 Å². The Morgan fingerprint density at radius 1 is 1.22 bits per heavy atom. The first-order chi connectivity index (χ1) is 8.58. The van der Waals surface area contributed by atoms with Crippen molar-refractivity contribution in [2.45, 2.75) is 39.2 Å². The molecule has 0 aliphatic heterocycles. The van der Waals surface area contributed by atoms with Crippen molar-refractivity contribution >= 4 is 21.8 Å². The minimum atomic E-state index is 0.0495. The molecular formula is C15H20BrNO. The van der Waals surface area contributed by atoms with E-state index < -0.39 is 0 Å². The molecular weight excluding hydrogens is 290 g/mol. The van der Waals surface area contributed by atoms with Crippen LogP contribution >= 0.6 is 15.9 Å². The third-order valence-electron chi connectivity index (χ3n) is 4.13. The van der Waals surface area contributed by atoms with Crippen LogP contribution in [-0.2, 0) is 0 Å². The normalized spacial score (nSPS) is 27.8. The third kappa shape index (κ3) is 3.14. The second-order valence-corrected chi connectivity index (χ2v) is 6.27. The van der Waals surface area contributed by atoms with Crippen LogP contribution in [0.25, 0.3) is 0 Å². The van der Waals surface area contributed by atoms with Gasteiger partial charge in [-0.15, -0.1) is 0 Å². The van der Waals surface area contributed by atoms with Crippen LogP contribution in [0.3, 0.4) is 0 Å². The molecule has 3 atom stereocenters. The number of nitrogens with one attached hydrogen (secondary N) is 1. The number of carbonyl (C=O) groups is 1. The molecule has 1 aromatic rings. The zero-order valence-corrected chi connectivity index (χ0v) is 12.5. The Morgan fingerprint density at radius 2 is 1.89 bits per heavy atom. The van der Waals surface area contributed by atoms with E-state index in [-0.39, 0.29) is 5.91 Å². The average molecular weight is 310 g/mol. The Morgan fingerprint density at radius 3 is 2.56 bits per heavy atom. The molecule has 1 aromatic carbocycles. The van der Waals surface area contributed by atoms with Crippen molar-refractivity contribution in [2.75, 3.05) is 0 Å². The topological polar surface area (TPSA) is 29.1 Å². The summed E-state index contributed by atoms with van der Waals surface area (Å²) < 4.78 is 0.999. The smallest absolute Gasteiger partial charge is 0.251 e. The molecule has 1 saturated carbocycles. The lowest BCUT2D eigenvalue weighted by Gasteiger charge is -2.34. The lowest BCUT2D eigenvalue weighted by atomic mass is 9.78. The Hall–Kier alpha value is -0.830. The first kappa shape index (κ1) is 13.6. The molecule has 0 bridgehead atoms. The molecule has 1 aliphatic carbocycles. The molecule has 18 heavy (non-hydrogen) atoms. The Kier molecular flexibility index (Phi) is 4.44. The van der Waals surface area contributed by atoms with Gasteiger partial charge in [0.1, 0.15) is 0 Å². The Labute approximate surface area is 117 Å². The fourth-order valence-corrected chi connectivity index (χ4v) is 2.90. The van der Waals surface area contributed by atoms with Crippen molar-refractivity contribution in [1.29, 1.82) is 0 Å².